The van der Waals surface area contributed by atoms with Gasteiger partial charge in [-0.05, 0) is 26.0 Å². The van der Waals surface area contributed by atoms with E-state index in [1.807, 2.05) is 0 Å². The van der Waals surface area contributed by atoms with Gasteiger partial charge in [-0.3, -0.25) is 0 Å². The summed E-state index contributed by atoms with van der Waals surface area (Å²) in [6.45, 7) is 3.57. The molecule has 9 heteroatoms. The minimum absolute atomic E-state index is 0.0181. The van der Waals surface area contributed by atoms with E-state index in [0.29, 0.717) is 0 Å². The molecule has 0 heterocycles. The van der Waals surface area contributed by atoms with Crippen LogP contribution in [0.15, 0.2) is 17.0 Å². The Morgan fingerprint density at radius 3 is 2.11 bits per heavy atom. The number of primary sulfonamides is 1. The minimum Gasteiger partial charge on any atom is -0.336 e. The van der Waals surface area contributed by atoms with Crippen LogP contribution in [0, 0.1) is 0 Å². The van der Waals surface area contributed by atoms with Gasteiger partial charge in [0.2, 0.25) is 10.0 Å². The van der Waals surface area contributed by atoms with Crippen LogP contribution in [0.5, 0.6) is 0 Å². The molecule has 19 heavy (non-hydrogen) atoms. The fourth-order valence-electron chi connectivity index (χ4n) is 1.25. The number of hydrogen-bond acceptors (Lipinski definition) is 3. The summed E-state index contributed by atoms with van der Waals surface area (Å²) in [5.74, 6) is 0. The number of nitrogens with one attached hydrogen (secondary N) is 2. The van der Waals surface area contributed by atoms with Gasteiger partial charge in [0.05, 0.1) is 20.6 Å². The first kappa shape index (κ1) is 16.0. The lowest BCUT2D eigenvalue weighted by Crippen LogP contribution is -2.34. The molecule has 106 valence electrons. The molecular formula is C10H13Cl2N3O3S. The lowest BCUT2D eigenvalue weighted by molar-refractivity contribution is 0.250. The van der Waals surface area contributed by atoms with Gasteiger partial charge in [-0.1, -0.05) is 23.2 Å². The second-order valence-electron chi connectivity index (χ2n) is 4.06. The van der Waals surface area contributed by atoms with E-state index in [2.05, 4.69) is 10.6 Å². The summed E-state index contributed by atoms with van der Waals surface area (Å²) in [4.78, 5) is 11.3. The maximum absolute atomic E-state index is 11.5. The third-order valence-electron chi connectivity index (χ3n) is 2.00. The smallest absolute Gasteiger partial charge is 0.319 e. The fraction of sp³-hybridized carbons (Fsp3) is 0.300. The van der Waals surface area contributed by atoms with Crippen LogP contribution < -0.4 is 15.8 Å². The molecule has 1 aromatic carbocycles. The Hall–Kier alpha value is -1.02. The highest BCUT2D eigenvalue weighted by molar-refractivity contribution is 7.89. The van der Waals surface area contributed by atoms with E-state index < -0.39 is 16.1 Å². The summed E-state index contributed by atoms with van der Waals surface area (Å²) in [7, 11) is -3.91. The van der Waals surface area contributed by atoms with E-state index in [1.165, 1.54) is 0 Å². The third kappa shape index (κ3) is 4.54. The number of sulfonamides is 1. The topological polar surface area (TPSA) is 101 Å². The van der Waals surface area contributed by atoms with Crippen molar-refractivity contribution in [2.24, 2.45) is 5.14 Å². The van der Waals surface area contributed by atoms with Crippen molar-refractivity contribution in [3.63, 3.8) is 0 Å². The number of carbonyl (C=O) groups excluding carboxylic acids is 1. The van der Waals surface area contributed by atoms with Crippen molar-refractivity contribution in [3.8, 4) is 0 Å². The maximum Gasteiger partial charge on any atom is 0.319 e. The van der Waals surface area contributed by atoms with E-state index >= 15 is 0 Å². The van der Waals surface area contributed by atoms with Crippen LogP contribution >= 0.6 is 23.2 Å². The molecule has 0 aliphatic heterocycles. The zero-order chi connectivity index (χ0) is 14.8. The minimum atomic E-state index is -3.91. The third-order valence-corrected chi connectivity index (χ3v) is 3.49. The van der Waals surface area contributed by atoms with Gasteiger partial charge >= 0.3 is 6.03 Å². The lowest BCUT2D eigenvalue weighted by Gasteiger charge is -2.13. The van der Waals surface area contributed by atoms with Crippen molar-refractivity contribution >= 4 is 44.9 Å². The van der Waals surface area contributed by atoms with Crippen LogP contribution in [0.3, 0.4) is 0 Å². The van der Waals surface area contributed by atoms with E-state index in [-0.39, 0.29) is 26.7 Å². The predicted molar refractivity (Wildman–Crippen MR) is 75.1 cm³/mol. The van der Waals surface area contributed by atoms with Crippen LogP contribution in [-0.4, -0.2) is 20.5 Å². The van der Waals surface area contributed by atoms with Gasteiger partial charge in [-0.15, -0.1) is 0 Å². The van der Waals surface area contributed by atoms with Crippen molar-refractivity contribution < 1.29 is 13.2 Å². The van der Waals surface area contributed by atoms with Crippen molar-refractivity contribution in [1.82, 2.24) is 5.32 Å². The largest absolute Gasteiger partial charge is 0.336 e. The van der Waals surface area contributed by atoms with E-state index in [4.69, 9.17) is 28.3 Å². The molecule has 0 spiro atoms. The SMILES string of the molecule is CC(C)NC(=O)Nc1c(Cl)cc(S(N)(=O)=O)cc1Cl. The molecule has 2 amide bonds. The standard InChI is InChI=1S/C10H13Cl2N3O3S/c1-5(2)14-10(16)15-9-7(11)3-6(4-8(9)12)19(13,17)18/h3-5H,1-2H3,(H2,13,17,18)(H2,14,15,16). The highest BCUT2D eigenvalue weighted by Gasteiger charge is 2.16. The van der Waals surface area contributed by atoms with Crippen molar-refractivity contribution in [3.05, 3.63) is 22.2 Å². The van der Waals surface area contributed by atoms with Crippen LogP contribution in [0.1, 0.15) is 13.8 Å². The van der Waals surface area contributed by atoms with Crippen LogP contribution in [-0.2, 0) is 10.0 Å². The normalized spacial score (nSPS) is 11.5. The molecule has 0 aliphatic carbocycles. The Morgan fingerprint density at radius 1 is 1.26 bits per heavy atom. The number of urea groups is 1. The van der Waals surface area contributed by atoms with E-state index in [1.54, 1.807) is 13.8 Å². The van der Waals surface area contributed by atoms with E-state index in [0.717, 1.165) is 12.1 Å². The molecule has 0 radical (unpaired) electrons. The molecule has 1 aromatic rings. The molecule has 0 fully saturated rings. The van der Waals surface area contributed by atoms with Gasteiger partial charge in [-0.25, -0.2) is 18.4 Å². The Labute approximate surface area is 121 Å². The number of hydrogen-bond donors (Lipinski definition) is 3. The average molecular weight is 326 g/mol. The predicted octanol–water partition coefficient (Wildman–Crippen LogP) is 2.17. The number of amides is 2. The summed E-state index contributed by atoms with van der Waals surface area (Å²) in [6.07, 6.45) is 0. The molecule has 0 unspecified atom stereocenters. The monoisotopic (exact) mass is 325 g/mol. The number of anilines is 1. The molecule has 6 nitrogen and oxygen atoms in total. The summed E-state index contributed by atoms with van der Waals surface area (Å²) in [5.41, 5.74) is 0.119. The van der Waals surface area contributed by atoms with Crippen LogP contribution in [0.4, 0.5) is 10.5 Å². The first-order valence-corrected chi connectivity index (χ1v) is 7.51. The van der Waals surface area contributed by atoms with Gasteiger partial charge in [0, 0.05) is 6.04 Å². The molecular weight excluding hydrogens is 313 g/mol. The first-order valence-electron chi connectivity index (χ1n) is 5.20. The zero-order valence-corrected chi connectivity index (χ0v) is 12.5. The Kier molecular flexibility index (Phi) is 5.03. The lowest BCUT2D eigenvalue weighted by atomic mass is 10.3. The number of nitrogens with two attached hydrogens (primary N) is 1. The first-order chi connectivity index (χ1) is 8.61. The molecule has 0 bridgehead atoms. The van der Waals surface area contributed by atoms with Crippen molar-refractivity contribution in [2.75, 3.05) is 5.32 Å². The molecule has 0 aromatic heterocycles. The van der Waals surface area contributed by atoms with E-state index in [9.17, 15) is 13.2 Å². The second kappa shape index (κ2) is 5.96. The van der Waals surface area contributed by atoms with Gasteiger partial charge in [-0.2, -0.15) is 0 Å². The second-order valence-corrected chi connectivity index (χ2v) is 6.44. The fourth-order valence-corrected chi connectivity index (χ4v) is 2.52. The summed E-state index contributed by atoms with van der Waals surface area (Å²) < 4.78 is 22.4. The quantitative estimate of drug-likeness (QED) is 0.793. The molecule has 4 N–H and O–H groups in total. The number of carbonyl (C=O) groups is 1. The van der Waals surface area contributed by atoms with Gasteiger partial charge in [0.25, 0.3) is 0 Å². The van der Waals surface area contributed by atoms with Gasteiger partial charge in [0.15, 0.2) is 0 Å². The summed E-state index contributed by atoms with van der Waals surface area (Å²) in [6, 6.07) is 1.67. The summed E-state index contributed by atoms with van der Waals surface area (Å²) in [5, 5.41) is 9.95. The molecule has 0 saturated carbocycles. The van der Waals surface area contributed by atoms with Gasteiger partial charge in [0.1, 0.15) is 0 Å². The Balaban J connectivity index is 3.08. The molecule has 0 atom stereocenters. The highest BCUT2D eigenvalue weighted by atomic mass is 35.5. The Morgan fingerprint density at radius 2 is 1.74 bits per heavy atom. The number of halogens is 2. The zero-order valence-electron chi connectivity index (χ0n) is 10.2. The average Bonchev–Trinajstić information content (AvgIpc) is 2.20. The Bertz CT molecular complexity index is 579. The van der Waals surface area contributed by atoms with Gasteiger partial charge < -0.3 is 10.6 Å². The van der Waals surface area contributed by atoms with Crippen LogP contribution in [0.2, 0.25) is 10.0 Å². The molecule has 0 saturated heterocycles. The molecule has 1 rings (SSSR count). The maximum atomic E-state index is 11.5. The summed E-state index contributed by atoms with van der Waals surface area (Å²) >= 11 is 11.7. The molecule has 0 aliphatic rings. The van der Waals surface area contributed by atoms with Crippen molar-refractivity contribution in [2.45, 2.75) is 24.8 Å². The van der Waals surface area contributed by atoms with Crippen molar-refractivity contribution in [1.29, 1.82) is 0 Å². The number of benzene rings is 1. The number of rotatable bonds is 3. The van der Waals surface area contributed by atoms with Crippen LogP contribution in [0.25, 0.3) is 0 Å². The highest BCUT2D eigenvalue weighted by Crippen LogP contribution is 2.33.